The first kappa shape index (κ1) is 20.0. The Bertz CT molecular complexity index is 862. The Balaban J connectivity index is 1.69. The van der Waals surface area contributed by atoms with Crippen LogP contribution in [0.5, 0.6) is 0 Å². The van der Waals surface area contributed by atoms with Crippen molar-refractivity contribution in [1.29, 1.82) is 0 Å². The van der Waals surface area contributed by atoms with Gasteiger partial charge in [0.15, 0.2) is 0 Å². The Kier molecular flexibility index (Phi) is 5.74. The molecule has 3 N–H and O–H groups in total. The number of nitrogens with one attached hydrogen (secondary N) is 2. The van der Waals surface area contributed by atoms with Crippen LogP contribution in [0, 0.1) is 0 Å². The lowest BCUT2D eigenvalue weighted by atomic mass is 9.86. The van der Waals surface area contributed by atoms with Crippen LogP contribution in [0.1, 0.15) is 63.9 Å². The van der Waals surface area contributed by atoms with Crippen LogP contribution in [-0.2, 0) is 16.6 Å². The Hall–Kier alpha value is -1.70. The average molecular weight is 392 g/mol. The Morgan fingerprint density at radius 3 is 2.33 bits per heavy atom. The fraction of sp³-hybridized carbons (Fsp3) is 0.550. The van der Waals surface area contributed by atoms with Crippen LogP contribution >= 0.6 is 0 Å². The first-order valence-electron chi connectivity index (χ1n) is 9.48. The molecule has 0 bridgehead atoms. The molecule has 0 aliphatic heterocycles. The van der Waals surface area contributed by atoms with E-state index in [1.807, 2.05) is 30.3 Å². The molecule has 1 aliphatic carbocycles. The van der Waals surface area contributed by atoms with Gasteiger partial charge in [0.1, 0.15) is 5.82 Å². The molecule has 1 aromatic carbocycles. The number of aromatic amines is 1. The van der Waals surface area contributed by atoms with Crippen molar-refractivity contribution >= 4 is 10.0 Å². The highest BCUT2D eigenvalue weighted by molar-refractivity contribution is 7.90. The third kappa shape index (κ3) is 4.42. The van der Waals surface area contributed by atoms with Crippen molar-refractivity contribution in [3.8, 4) is 11.3 Å². The van der Waals surface area contributed by atoms with Gasteiger partial charge in [-0.3, -0.25) is 0 Å². The summed E-state index contributed by atoms with van der Waals surface area (Å²) >= 11 is 0. The van der Waals surface area contributed by atoms with Crippen molar-refractivity contribution in [3.05, 3.63) is 41.9 Å². The highest BCUT2D eigenvalue weighted by Gasteiger charge is 2.33. The lowest BCUT2D eigenvalue weighted by molar-refractivity contribution is 0.277. The monoisotopic (exact) mass is 391 g/mol. The smallest absolute Gasteiger partial charge is 0.216 e. The molecule has 0 saturated heterocycles. The summed E-state index contributed by atoms with van der Waals surface area (Å²) in [5.41, 5.74) is 2.51. The Morgan fingerprint density at radius 1 is 1.15 bits per heavy atom. The van der Waals surface area contributed by atoms with E-state index in [0.29, 0.717) is 0 Å². The molecule has 0 spiro atoms. The van der Waals surface area contributed by atoms with Crippen molar-refractivity contribution in [2.24, 2.45) is 0 Å². The summed E-state index contributed by atoms with van der Waals surface area (Å²) in [6.45, 7) is 5.06. The zero-order valence-electron chi connectivity index (χ0n) is 16.2. The predicted octanol–water partition coefficient (Wildman–Crippen LogP) is 3.31. The third-order valence-corrected chi connectivity index (χ3v) is 7.50. The first-order chi connectivity index (χ1) is 12.7. The number of hydrogen-bond acceptors (Lipinski definition) is 4. The van der Waals surface area contributed by atoms with Gasteiger partial charge in [0.2, 0.25) is 10.0 Å². The molecular weight excluding hydrogens is 362 g/mol. The van der Waals surface area contributed by atoms with Crippen LogP contribution in [0.2, 0.25) is 0 Å². The largest absolute Gasteiger partial charge is 0.390 e. The second kappa shape index (κ2) is 7.73. The molecule has 6 nitrogen and oxygen atoms in total. The van der Waals surface area contributed by atoms with Gasteiger partial charge in [-0.15, -0.1) is 0 Å². The van der Waals surface area contributed by atoms with E-state index in [1.165, 1.54) is 0 Å². The van der Waals surface area contributed by atoms with E-state index in [4.69, 9.17) is 4.98 Å². The number of hydrogen-bond donors (Lipinski definition) is 3. The fourth-order valence-corrected chi connectivity index (χ4v) is 4.48. The van der Waals surface area contributed by atoms with Gasteiger partial charge in [-0.2, -0.15) is 0 Å². The number of benzene rings is 1. The molecule has 1 aromatic heterocycles. The van der Waals surface area contributed by atoms with E-state index < -0.39 is 14.8 Å². The van der Waals surface area contributed by atoms with Gasteiger partial charge in [0.25, 0.3) is 0 Å². The van der Waals surface area contributed by atoms with Crippen LogP contribution in [0.15, 0.2) is 30.3 Å². The molecule has 0 amide bonds. The van der Waals surface area contributed by atoms with Gasteiger partial charge in [-0.25, -0.2) is 18.1 Å². The lowest BCUT2D eigenvalue weighted by Gasteiger charge is -2.30. The van der Waals surface area contributed by atoms with Gasteiger partial charge < -0.3 is 10.1 Å². The molecule has 0 atom stereocenters. The summed E-state index contributed by atoms with van der Waals surface area (Å²) in [6, 6.07) is 9.81. The van der Waals surface area contributed by atoms with Crippen LogP contribution in [0.4, 0.5) is 0 Å². The third-order valence-electron chi connectivity index (χ3n) is 5.24. The van der Waals surface area contributed by atoms with Crippen molar-refractivity contribution in [2.45, 2.75) is 69.8 Å². The normalized spacial score (nSPS) is 21.3. The molecule has 0 unspecified atom stereocenters. The maximum Gasteiger partial charge on any atom is 0.216 e. The second-order valence-corrected chi connectivity index (χ2v) is 10.7. The van der Waals surface area contributed by atoms with Gasteiger partial charge in [0.05, 0.1) is 22.7 Å². The van der Waals surface area contributed by atoms with Crippen molar-refractivity contribution in [3.63, 3.8) is 0 Å². The molecular formula is C20H29N3O3S. The molecule has 1 aliphatic rings. The quantitative estimate of drug-likeness (QED) is 0.729. The number of nitrogens with zero attached hydrogens (tertiary/aromatic N) is 1. The van der Waals surface area contributed by atoms with E-state index in [2.05, 4.69) is 9.71 Å². The lowest BCUT2D eigenvalue weighted by Crippen LogP contribution is -2.45. The number of aliphatic hydroxyl groups is 1. The molecule has 7 heteroatoms. The second-order valence-electron chi connectivity index (χ2n) is 8.26. The van der Waals surface area contributed by atoms with E-state index in [-0.39, 0.29) is 18.6 Å². The summed E-state index contributed by atoms with van der Waals surface area (Å²) in [5.74, 6) is 1.14. The van der Waals surface area contributed by atoms with Crippen LogP contribution in [0.3, 0.4) is 0 Å². The van der Waals surface area contributed by atoms with E-state index >= 15 is 0 Å². The maximum atomic E-state index is 12.4. The molecule has 1 fully saturated rings. The maximum absolute atomic E-state index is 12.4. The fourth-order valence-electron chi connectivity index (χ4n) is 3.45. The van der Waals surface area contributed by atoms with Crippen LogP contribution in [-0.4, -0.2) is 34.3 Å². The molecule has 1 saturated carbocycles. The van der Waals surface area contributed by atoms with E-state index in [1.54, 1.807) is 20.8 Å². The topological polar surface area (TPSA) is 95.1 Å². The molecule has 2 aromatic rings. The van der Waals surface area contributed by atoms with Crippen LogP contribution < -0.4 is 4.72 Å². The highest BCUT2D eigenvalue weighted by Crippen LogP contribution is 2.34. The summed E-state index contributed by atoms with van der Waals surface area (Å²) < 4.78 is 26.8. The minimum Gasteiger partial charge on any atom is -0.390 e. The van der Waals surface area contributed by atoms with Gasteiger partial charge in [0, 0.05) is 17.5 Å². The molecule has 148 valence electrons. The standard InChI is InChI=1S/C20H29N3O3S/c1-20(2,3)27(25,26)23-16-11-9-15(10-12-16)19-21-17(13-24)18(22-19)14-7-5-4-6-8-14/h4-8,15-16,23-24H,9-13H2,1-3H3,(H,21,22). The summed E-state index contributed by atoms with van der Waals surface area (Å²) in [4.78, 5) is 8.05. The van der Waals surface area contributed by atoms with E-state index in [0.717, 1.165) is 48.5 Å². The summed E-state index contributed by atoms with van der Waals surface area (Å²) in [5, 5.41) is 9.69. The average Bonchev–Trinajstić information content (AvgIpc) is 3.06. The molecule has 0 radical (unpaired) electrons. The molecule has 1 heterocycles. The predicted molar refractivity (Wildman–Crippen MR) is 107 cm³/mol. The number of imidazole rings is 1. The zero-order chi connectivity index (χ0) is 19.7. The van der Waals surface area contributed by atoms with Crippen LogP contribution in [0.25, 0.3) is 11.3 Å². The summed E-state index contributed by atoms with van der Waals surface area (Å²) in [7, 11) is -3.33. The zero-order valence-corrected chi connectivity index (χ0v) is 17.0. The highest BCUT2D eigenvalue weighted by atomic mass is 32.2. The summed E-state index contributed by atoms with van der Waals surface area (Å²) in [6.07, 6.45) is 3.31. The van der Waals surface area contributed by atoms with Crippen molar-refractivity contribution in [2.75, 3.05) is 0 Å². The first-order valence-corrected chi connectivity index (χ1v) is 11.0. The van der Waals surface area contributed by atoms with Crippen molar-refractivity contribution in [1.82, 2.24) is 14.7 Å². The SMILES string of the molecule is CC(C)(C)S(=O)(=O)NC1CCC(c2nc(-c3ccccc3)c(CO)[nH]2)CC1. The van der Waals surface area contributed by atoms with E-state index in [9.17, 15) is 13.5 Å². The number of sulfonamides is 1. The van der Waals surface area contributed by atoms with Gasteiger partial charge in [-0.1, -0.05) is 30.3 Å². The molecule has 3 rings (SSSR count). The number of aliphatic hydroxyl groups excluding tert-OH is 1. The Labute approximate surface area is 161 Å². The van der Waals surface area contributed by atoms with Crippen molar-refractivity contribution < 1.29 is 13.5 Å². The minimum atomic E-state index is -3.33. The van der Waals surface area contributed by atoms with Gasteiger partial charge >= 0.3 is 0 Å². The van der Waals surface area contributed by atoms with Gasteiger partial charge in [-0.05, 0) is 46.5 Å². The Morgan fingerprint density at radius 2 is 1.78 bits per heavy atom. The molecule has 27 heavy (non-hydrogen) atoms. The number of rotatable bonds is 5. The number of aromatic nitrogens is 2. The number of H-pyrrole nitrogens is 1. The minimum absolute atomic E-state index is 0.0219.